The van der Waals surface area contributed by atoms with E-state index in [-0.39, 0.29) is 12.0 Å². The number of unbranched alkanes of at least 4 members (excludes halogenated alkanes) is 8. The average Bonchev–Trinajstić information content (AvgIpc) is 2.58. The predicted molar refractivity (Wildman–Crippen MR) is 103 cm³/mol. The Morgan fingerprint density at radius 1 is 0.960 bits per heavy atom. The van der Waals surface area contributed by atoms with Gasteiger partial charge in [0.25, 0.3) is 0 Å². The summed E-state index contributed by atoms with van der Waals surface area (Å²) in [5.74, 6) is 0.116. The van der Waals surface area contributed by atoms with Crippen molar-refractivity contribution in [3.05, 3.63) is 0 Å². The zero-order valence-electron chi connectivity index (χ0n) is 16.7. The van der Waals surface area contributed by atoms with Gasteiger partial charge in [0.05, 0.1) is 32.0 Å². The quantitative estimate of drug-likeness (QED) is 0.365. The number of ether oxygens (including phenoxy) is 2. The third-order valence-electron chi connectivity index (χ3n) is 4.05. The Labute approximate surface area is 154 Å². The molecule has 2 atom stereocenters. The van der Waals surface area contributed by atoms with Crippen molar-refractivity contribution >= 4 is 5.91 Å². The Morgan fingerprint density at radius 3 is 2.16 bits per heavy atom. The van der Waals surface area contributed by atoms with Gasteiger partial charge in [0.2, 0.25) is 5.91 Å². The molecule has 0 aromatic carbocycles. The van der Waals surface area contributed by atoms with Gasteiger partial charge < -0.3 is 19.9 Å². The largest absolute Gasteiger partial charge is 0.391 e. The van der Waals surface area contributed by atoms with Gasteiger partial charge in [-0.15, -0.1) is 0 Å². The number of amides is 1. The van der Waals surface area contributed by atoms with Gasteiger partial charge in [0.1, 0.15) is 0 Å². The minimum Gasteiger partial charge on any atom is -0.391 e. The summed E-state index contributed by atoms with van der Waals surface area (Å²) in [4.78, 5) is 11.7. The highest BCUT2D eigenvalue weighted by Crippen LogP contribution is 2.10. The molecule has 0 fully saturated rings. The van der Waals surface area contributed by atoms with Gasteiger partial charge in [-0.3, -0.25) is 4.79 Å². The third-order valence-corrected chi connectivity index (χ3v) is 4.05. The normalized spacial score (nSPS) is 13.6. The zero-order chi connectivity index (χ0) is 18.8. The van der Waals surface area contributed by atoms with Crippen molar-refractivity contribution in [3.8, 4) is 0 Å². The number of rotatable bonds is 18. The summed E-state index contributed by atoms with van der Waals surface area (Å²) in [6.07, 6.45) is 11.5. The van der Waals surface area contributed by atoms with Crippen LogP contribution in [0.5, 0.6) is 0 Å². The molecule has 0 bridgehead atoms. The SMILES string of the molecule is CCCCCCCCCCCC(=O)NCCOCC(C)OCC(C)O. The Balaban J connectivity index is 3.28. The van der Waals surface area contributed by atoms with E-state index in [0.717, 1.165) is 12.8 Å². The standard InChI is InChI=1S/C20H41NO4/c1-4-5-6-7-8-9-10-11-12-13-20(23)21-14-15-24-17-19(3)25-16-18(2)22/h18-19,22H,4-17H2,1-3H3,(H,21,23). The molecule has 0 saturated heterocycles. The average molecular weight is 360 g/mol. The van der Waals surface area contributed by atoms with Crippen LogP contribution in [0.3, 0.4) is 0 Å². The van der Waals surface area contributed by atoms with Crippen molar-refractivity contribution in [2.75, 3.05) is 26.4 Å². The van der Waals surface area contributed by atoms with Crippen molar-refractivity contribution in [1.82, 2.24) is 5.32 Å². The van der Waals surface area contributed by atoms with E-state index in [1.807, 2.05) is 6.92 Å². The second-order valence-electron chi connectivity index (χ2n) is 7.00. The lowest BCUT2D eigenvalue weighted by atomic mass is 10.1. The number of carbonyl (C=O) groups is 1. The molecule has 0 saturated carbocycles. The number of aliphatic hydroxyl groups is 1. The van der Waals surface area contributed by atoms with Crippen molar-refractivity contribution in [2.45, 2.75) is 97.2 Å². The van der Waals surface area contributed by atoms with Gasteiger partial charge in [0, 0.05) is 13.0 Å². The predicted octanol–water partition coefficient (Wildman–Crippen LogP) is 3.83. The molecule has 0 aliphatic carbocycles. The number of hydrogen-bond donors (Lipinski definition) is 2. The van der Waals surface area contributed by atoms with Crippen molar-refractivity contribution in [3.63, 3.8) is 0 Å². The summed E-state index contributed by atoms with van der Waals surface area (Å²) >= 11 is 0. The van der Waals surface area contributed by atoms with Crippen molar-refractivity contribution < 1.29 is 19.4 Å². The number of carbonyl (C=O) groups excluding carboxylic acids is 1. The van der Waals surface area contributed by atoms with Gasteiger partial charge >= 0.3 is 0 Å². The second kappa shape index (κ2) is 18.2. The number of hydrogen-bond acceptors (Lipinski definition) is 4. The Morgan fingerprint density at radius 2 is 1.56 bits per heavy atom. The maximum atomic E-state index is 11.7. The summed E-state index contributed by atoms with van der Waals surface area (Å²) in [5, 5.41) is 12.0. The zero-order valence-corrected chi connectivity index (χ0v) is 16.7. The van der Waals surface area contributed by atoms with E-state index in [1.54, 1.807) is 6.92 Å². The van der Waals surface area contributed by atoms with Crippen LogP contribution in [0.4, 0.5) is 0 Å². The van der Waals surface area contributed by atoms with E-state index in [2.05, 4.69) is 12.2 Å². The molecule has 25 heavy (non-hydrogen) atoms. The van der Waals surface area contributed by atoms with E-state index in [9.17, 15) is 4.79 Å². The molecule has 0 aliphatic heterocycles. The fraction of sp³-hybridized carbons (Fsp3) is 0.950. The third kappa shape index (κ3) is 19.5. The number of aliphatic hydroxyl groups excluding tert-OH is 1. The second-order valence-corrected chi connectivity index (χ2v) is 7.00. The van der Waals surface area contributed by atoms with Crippen LogP contribution in [0, 0.1) is 0 Å². The van der Waals surface area contributed by atoms with E-state index in [4.69, 9.17) is 14.6 Å². The Kier molecular flexibility index (Phi) is 17.7. The van der Waals surface area contributed by atoms with Crippen LogP contribution in [-0.4, -0.2) is 49.6 Å². The maximum absolute atomic E-state index is 11.7. The van der Waals surface area contributed by atoms with Gasteiger partial charge in [-0.05, 0) is 20.3 Å². The summed E-state index contributed by atoms with van der Waals surface area (Å²) in [5.41, 5.74) is 0. The lowest BCUT2D eigenvalue weighted by molar-refractivity contribution is -0.121. The summed E-state index contributed by atoms with van der Waals surface area (Å²) in [7, 11) is 0. The molecule has 5 heteroatoms. The summed E-state index contributed by atoms with van der Waals surface area (Å²) in [6.45, 7) is 7.67. The van der Waals surface area contributed by atoms with Crippen LogP contribution in [0.1, 0.15) is 85.0 Å². The molecule has 0 heterocycles. The Hall–Kier alpha value is -0.650. The highest BCUT2D eigenvalue weighted by molar-refractivity contribution is 5.75. The first kappa shape index (κ1) is 24.4. The van der Waals surface area contributed by atoms with Crippen LogP contribution in [0.2, 0.25) is 0 Å². The summed E-state index contributed by atoms with van der Waals surface area (Å²) in [6, 6.07) is 0. The molecule has 0 aliphatic rings. The topological polar surface area (TPSA) is 67.8 Å². The lowest BCUT2D eigenvalue weighted by Gasteiger charge is -2.14. The fourth-order valence-corrected chi connectivity index (χ4v) is 2.55. The first-order valence-electron chi connectivity index (χ1n) is 10.2. The smallest absolute Gasteiger partial charge is 0.220 e. The molecule has 5 nitrogen and oxygen atoms in total. The van der Waals surface area contributed by atoms with Crippen molar-refractivity contribution in [2.24, 2.45) is 0 Å². The van der Waals surface area contributed by atoms with Crippen LogP contribution in [0.15, 0.2) is 0 Å². The molecule has 2 N–H and O–H groups in total. The van der Waals surface area contributed by atoms with Gasteiger partial charge in [-0.2, -0.15) is 0 Å². The molecule has 0 aromatic rings. The highest BCUT2D eigenvalue weighted by atomic mass is 16.5. The number of nitrogens with one attached hydrogen (secondary N) is 1. The van der Waals surface area contributed by atoms with Crippen LogP contribution in [-0.2, 0) is 14.3 Å². The minimum atomic E-state index is -0.456. The molecule has 150 valence electrons. The molecule has 2 unspecified atom stereocenters. The van der Waals surface area contributed by atoms with E-state index >= 15 is 0 Å². The minimum absolute atomic E-state index is 0.0488. The molecule has 0 aromatic heterocycles. The van der Waals surface area contributed by atoms with E-state index in [1.165, 1.54) is 44.9 Å². The van der Waals surface area contributed by atoms with E-state index < -0.39 is 6.10 Å². The van der Waals surface area contributed by atoms with Gasteiger partial charge in [-0.1, -0.05) is 58.3 Å². The lowest BCUT2D eigenvalue weighted by Crippen LogP contribution is -2.28. The molecule has 1 amide bonds. The highest BCUT2D eigenvalue weighted by Gasteiger charge is 2.05. The van der Waals surface area contributed by atoms with Crippen molar-refractivity contribution in [1.29, 1.82) is 0 Å². The van der Waals surface area contributed by atoms with E-state index in [0.29, 0.717) is 32.8 Å². The van der Waals surface area contributed by atoms with Gasteiger partial charge in [-0.25, -0.2) is 0 Å². The maximum Gasteiger partial charge on any atom is 0.220 e. The Bertz CT molecular complexity index is 297. The molecule has 0 spiro atoms. The molecule has 0 rings (SSSR count). The molecule has 0 radical (unpaired) electrons. The fourth-order valence-electron chi connectivity index (χ4n) is 2.55. The molecular formula is C20H41NO4. The van der Waals surface area contributed by atoms with Crippen LogP contribution < -0.4 is 5.32 Å². The van der Waals surface area contributed by atoms with Crippen LogP contribution >= 0.6 is 0 Å². The summed E-state index contributed by atoms with van der Waals surface area (Å²) < 4.78 is 10.8. The molecular weight excluding hydrogens is 318 g/mol. The first-order valence-corrected chi connectivity index (χ1v) is 10.2. The van der Waals surface area contributed by atoms with Gasteiger partial charge in [0.15, 0.2) is 0 Å². The monoisotopic (exact) mass is 359 g/mol. The first-order chi connectivity index (χ1) is 12.1. The van der Waals surface area contributed by atoms with Crippen LogP contribution in [0.25, 0.3) is 0 Å².